The molecule has 1 aliphatic heterocycles. The molecule has 0 saturated carbocycles. The van der Waals surface area contributed by atoms with Gasteiger partial charge in [-0.3, -0.25) is 9.69 Å². The number of carbonyl (C=O) groups is 1. The molecule has 1 aromatic rings. The third kappa shape index (κ3) is 3.83. The van der Waals surface area contributed by atoms with Crippen LogP contribution in [-0.4, -0.2) is 47.9 Å². The van der Waals surface area contributed by atoms with Crippen LogP contribution in [0.3, 0.4) is 0 Å². The van der Waals surface area contributed by atoms with Crippen molar-refractivity contribution in [3.63, 3.8) is 0 Å². The van der Waals surface area contributed by atoms with E-state index in [1.807, 2.05) is 35.2 Å². The number of rotatable bonds is 4. The minimum atomic E-state index is -0.332. The molecular formula is C17H23N3O. The van der Waals surface area contributed by atoms with Crippen molar-refractivity contribution in [3.05, 3.63) is 35.9 Å². The lowest BCUT2D eigenvalue weighted by Crippen LogP contribution is -2.51. The lowest BCUT2D eigenvalue weighted by Gasteiger charge is -2.38. The smallest absolute Gasteiger partial charge is 0.231 e. The zero-order valence-corrected chi connectivity index (χ0v) is 12.8. The van der Waals surface area contributed by atoms with Gasteiger partial charge in [-0.2, -0.15) is 5.26 Å². The number of nitrogens with zero attached hydrogens (tertiary/aromatic N) is 3. The number of nitriles is 1. The lowest BCUT2D eigenvalue weighted by atomic mass is 9.94. The summed E-state index contributed by atoms with van der Waals surface area (Å²) in [6.07, 6.45) is 0.243. The fraction of sp³-hybridized carbons (Fsp3) is 0.529. The van der Waals surface area contributed by atoms with E-state index in [1.54, 1.807) is 0 Å². The molecule has 1 fully saturated rings. The summed E-state index contributed by atoms with van der Waals surface area (Å²) in [5.74, 6) is -0.243. The van der Waals surface area contributed by atoms with Crippen LogP contribution in [0.4, 0.5) is 0 Å². The molecule has 0 bridgehead atoms. The summed E-state index contributed by atoms with van der Waals surface area (Å²) in [4.78, 5) is 17.0. The van der Waals surface area contributed by atoms with Gasteiger partial charge in [0.05, 0.1) is 18.4 Å². The van der Waals surface area contributed by atoms with Crippen molar-refractivity contribution < 1.29 is 4.79 Å². The maximum atomic E-state index is 12.7. The predicted octanol–water partition coefficient (Wildman–Crippen LogP) is 2.24. The fourth-order valence-electron chi connectivity index (χ4n) is 2.80. The van der Waals surface area contributed by atoms with Crippen LogP contribution in [-0.2, 0) is 4.79 Å². The van der Waals surface area contributed by atoms with Crippen molar-refractivity contribution in [2.24, 2.45) is 0 Å². The summed E-state index contributed by atoms with van der Waals surface area (Å²) >= 11 is 0. The van der Waals surface area contributed by atoms with E-state index in [9.17, 15) is 4.79 Å². The largest absolute Gasteiger partial charge is 0.340 e. The van der Waals surface area contributed by atoms with Gasteiger partial charge in [-0.05, 0) is 19.4 Å². The highest BCUT2D eigenvalue weighted by atomic mass is 16.2. The summed E-state index contributed by atoms with van der Waals surface area (Å²) < 4.78 is 0. The standard InChI is InChI=1S/C17H23N3O/c1-14(2)19-10-12-20(13-11-19)17(21)16(8-9-18)15-6-4-3-5-7-15/h3-7,14,16H,8,10-13H2,1-2H3. The maximum Gasteiger partial charge on any atom is 0.231 e. The van der Waals surface area contributed by atoms with E-state index >= 15 is 0 Å². The molecule has 1 unspecified atom stereocenters. The Hall–Kier alpha value is -1.86. The van der Waals surface area contributed by atoms with Gasteiger partial charge in [0.2, 0.25) is 5.91 Å². The second-order valence-electron chi connectivity index (χ2n) is 5.78. The van der Waals surface area contributed by atoms with Crippen molar-refractivity contribution in [1.29, 1.82) is 5.26 Å². The molecule has 1 amide bonds. The number of piperazine rings is 1. The Bertz CT molecular complexity index is 499. The zero-order valence-electron chi connectivity index (χ0n) is 12.8. The molecule has 1 aliphatic rings. The number of amides is 1. The van der Waals surface area contributed by atoms with Crippen LogP contribution in [0.5, 0.6) is 0 Å². The minimum absolute atomic E-state index is 0.0890. The Balaban J connectivity index is 2.05. The summed E-state index contributed by atoms with van der Waals surface area (Å²) in [5, 5.41) is 9.03. The van der Waals surface area contributed by atoms with Crippen LogP contribution in [0.25, 0.3) is 0 Å². The van der Waals surface area contributed by atoms with Crippen LogP contribution in [0.1, 0.15) is 31.7 Å². The Kier molecular flexibility index (Phi) is 5.35. The topological polar surface area (TPSA) is 47.3 Å². The summed E-state index contributed by atoms with van der Waals surface area (Å²) in [6.45, 7) is 7.70. The summed E-state index contributed by atoms with van der Waals surface area (Å²) in [6, 6.07) is 12.3. The van der Waals surface area contributed by atoms with Crippen molar-refractivity contribution in [1.82, 2.24) is 9.80 Å². The predicted molar refractivity (Wildman–Crippen MR) is 82.7 cm³/mol. The SMILES string of the molecule is CC(C)N1CCN(C(=O)C(CC#N)c2ccccc2)CC1. The molecule has 21 heavy (non-hydrogen) atoms. The molecule has 1 heterocycles. The van der Waals surface area contributed by atoms with Crippen molar-refractivity contribution in [3.8, 4) is 6.07 Å². The van der Waals surface area contributed by atoms with Gasteiger partial charge in [0.1, 0.15) is 0 Å². The van der Waals surface area contributed by atoms with Gasteiger partial charge in [0.25, 0.3) is 0 Å². The van der Waals surface area contributed by atoms with Crippen LogP contribution < -0.4 is 0 Å². The number of benzene rings is 1. The molecular weight excluding hydrogens is 262 g/mol. The second-order valence-corrected chi connectivity index (χ2v) is 5.78. The first-order chi connectivity index (χ1) is 10.1. The highest BCUT2D eigenvalue weighted by Crippen LogP contribution is 2.22. The van der Waals surface area contributed by atoms with Crippen LogP contribution in [0.15, 0.2) is 30.3 Å². The quantitative estimate of drug-likeness (QED) is 0.852. The molecule has 1 saturated heterocycles. The van der Waals surface area contributed by atoms with Crippen molar-refractivity contribution >= 4 is 5.91 Å². The molecule has 0 aliphatic carbocycles. The Morgan fingerprint density at radius 3 is 2.33 bits per heavy atom. The van der Waals surface area contributed by atoms with E-state index in [0.717, 1.165) is 31.7 Å². The molecule has 0 radical (unpaired) electrons. The highest BCUT2D eigenvalue weighted by Gasteiger charge is 2.28. The summed E-state index contributed by atoms with van der Waals surface area (Å²) in [5.41, 5.74) is 0.940. The first-order valence-corrected chi connectivity index (χ1v) is 7.58. The average molecular weight is 285 g/mol. The lowest BCUT2D eigenvalue weighted by molar-refractivity contribution is -0.134. The molecule has 4 nitrogen and oxygen atoms in total. The number of carbonyl (C=O) groups excluding carboxylic acids is 1. The fourth-order valence-corrected chi connectivity index (χ4v) is 2.80. The van der Waals surface area contributed by atoms with E-state index in [4.69, 9.17) is 5.26 Å². The molecule has 0 spiro atoms. The molecule has 0 N–H and O–H groups in total. The van der Waals surface area contributed by atoms with Crippen molar-refractivity contribution in [2.75, 3.05) is 26.2 Å². The van der Waals surface area contributed by atoms with E-state index in [2.05, 4.69) is 24.8 Å². The maximum absolute atomic E-state index is 12.7. The average Bonchev–Trinajstić information content (AvgIpc) is 2.53. The first-order valence-electron chi connectivity index (χ1n) is 7.58. The zero-order chi connectivity index (χ0) is 15.2. The third-order valence-electron chi connectivity index (χ3n) is 4.15. The second kappa shape index (κ2) is 7.24. The Morgan fingerprint density at radius 1 is 1.19 bits per heavy atom. The van der Waals surface area contributed by atoms with Gasteiger partial charge in [-0.15, -0.1) is 0 Å². The van der Waals surface area contributed by atoms with Gasteiger partial charge < -0.3 is 4.90 Å². The summed E-state index contributed by atoms with van der Waals surface area (Å²) in [7, 11) is 0. The molecule has 112 valence electrons. The van der Waals surface area contributed by atoms with Gasteiger partial charge in [0.15, 0.2) is 0 Å². The van der Waals surface area contributed by atoms with Crippen LogP contribution >= 0.6 is 0 Å². The molecule has 4 heteroatoms. The van der Waals surface area contributed by atoms with Crippen molar-refractivity contribution in [2.45, 2.75) is 32.2 Å². The van der Waals surface area contributed by atoms with E-state index < -0.39 is 0 Å². The van der Waals surface area contributed by atoms with Gasteiger partial charge in [-0.1, -0.05) is 30.3 Å². The van der Waals surface area contributed by atoms with E-state index in [0.29, 0.717) is 6.04 Å². The molecule has 1 atom stereocenters. The first kappa shape index (κ1) is 15.5. The van der Waals surface area contributed by atoms with Crippen LogP contribution in [0, 0.1) is 11.3 Å². The minimum Gasteiger partial charge on any atom is -0.340 e. The van der Waals surface area contributed by atoms with Gasteiger partial charge >= 0.3 is 0 Å². The molecule has 2 rings (SSSR count). The molecule has 0 aromatic heterocycles. The highest BCUT2D eigenvalue weighted by molar-refractivity contribution is 5.84. The van der Waals surface area contributed by atoms with Crippen LogP contribution in [0.2, 0.25) is 0 Å². The Morgan fingerprint density at radius 2 is 1.81 bits per heavy atom. The normalized spacial score (nSPS) is 17.5. The monoisotopic (exact) mass is 285 g/mol. The third-order valence-corrected chi connectivity index (χ3v) is 4.15. The Labute approximate surface area is 127 Å². The molecule has 1 aromatic carbocycles. The van der Waals surface area contributed by atoms with E-state index in [-0.39, 0.29) is 18.2 Å². The number of hydrogen-bond acceptors (Lipinski definition) is 3. The van der Waals surface area contributed by atoms with E-state index in [1.165, 1.54) is 0 Å². The van der Waals surface area contributed by atoms with Gasteiger partial charge in [0, 0.05) is 32.2 Å². The van der Waals surface area contributed by atoms with Gasteiger partial charge in [-0.25, -0.2) is 0 Å². The number of hydrogen-bond donors (Lipinski definition) is 0.